The van der Waals surface area contributed by atoms with Crippen molar-refractivity contribution in [1.29, 1.82) is 0 Å². The number of barbiturate groups is 1. The normalized spacial score (nSPS) is 20.1. The maximum Gasteiger partial charge on any atom is 0.328 e. The molecule has 4 amide bonds. The number of amides is 4. The highest BCUT2D eigenvalue weighted by atomic mass is 16.2. The maximum atomic E-state index is 11.8. The molecule has 0 radical (unpaired) electrons. The number of urea groups is 1. The van der Waals surface area contributed by atoms with Crippen LogP contribution in [0.25, 0.3) is 0 Å². The molecule has 5 nitrogen and oxygen atoms in total. The minimum Gasteiger partial charge on any atom is -0.277 e. The highest BCUT2D eigenvalue weighted by Gasteiger charge is 2.50. The molecule has 88 valence electrons. The number of hydrogen-bond donors (Lipinski definition) is 2. The van der Waals surface area contributed by atoms with Crippen LogP contribution >= 0.6 is 0 Å². The number of allylic oxidation sites excluding steroid dienone is 1. The minimum atomic E-state index is -1.27. The van der Waals surface area contributed by atoms with E-state index in [1.165, 1.54) is 0 Å². The van der Waals surface area contributed by atoms with Gasteiger partial charge in [-0.05, 0) is 12.3 Å². The second-order valence-corrected chi connectivity index (χ2v) is 4.07. The van der Waals surface area contributed by atoms with E-state index in [0.717, 1.165) is 6.42 Å². The molecular weight excluding hydrogens is 208 g/mol. The molecule has 0 atom stereocenters. The van der Waals surface area contributed by atoms with Gasteiger partial charge in [-0.15, -0.1) is 0 Å². The zero-order chi connectivity index (χ0) is 12.3. The third-order valence-corrected chi connectivity index (χ3v) is 2.73. The largest absolute Gasteiger partial charge is 0.328 e. The first-order valence-electron chi connectivity index (χ1n) is 5.29. The summed E-state index contributed by atoms with van der Waals surface area (Å²) in [4.78, 5) is 34.7. The van der Waals surface area contributed by atoms with E-state index in [2.05, 4.69) is 10.6 Å². The second kappa shape index (κ2) is 4.47. The molecule has 16 heavy (non-hydrogen) atoms. The molecule has 0 aromatic heterocycles. The third kappa shape index (κ3) is 1.85. The number of hydrogen-bond acceptors (Lipinski definition) is 3. The van der Waals surface area contributed by atoms with Crippen LogP contribution in [0.1, 0.15) is 27.2 Å². The lowest BCUT2D eigenvalue weighted by atomic mass is 9.74. The van der Waals surface area contributed by atoms with Crippen LogP contribution in [-0.2, 0) is 9.59 Å². The van der Waals surface area contributed by atoms with Gasteiger partial charge in [0.2, 0.25) is 11.8 Å². The first-order valence-corrected chi connectivity index (χ1v) is 5.29. The van der Waals surface area contributed by atoms with Gasteiger partial charge in [-0.25, -0.2) is 4.79 Å². The lowest BCUT2D eigenvalue weighted by Gasteiger charge is -2.34. The number of nitrogens with one attached hydrogen (secondary N) is 2. The van der Waals surface area contributed by atoms with Gasteiger partial charge in [-0.2, -0.15) is 0 Å². The van der Waals surface area contributed by atoms with Crippen molar-refractivity contribution >= 4 is 17.8 Å². The summed E-state index contributed by atoms with van der Waals surface area (Å²) in [6.07, 6.45) is 4.06. The zero-order valence-electron chi connectivity index (χ0n) is 9.66. The summed E-state index contributed by atoms with van der Waals surface area (Å²) in [5.74, 6) is -1.33. The van der Waals surface area contributed by atoms with E-state index in [1.807, 2.05) is 6.92 Å². The lowest BCUT2D eigenvalue weighted by molar-refractivity contribution is -0.143. The van der Waals surface area contributed by atoms with Crippen LogP contribution < -0.4 is 10.6 Å². The third-order valence-electron chi connectivity index (χ3n) is 2.73. The Kier molecular flexibility index (Phi) is 3.47. The van der Waals surface area contributed by atoms with Crippen molar-refractivity contribution in [3.63, 3.8) is 0 Å². The minimum absolute atomic E-state index is 0.219. The highest BCUT2D eigenvalue weighted by molar-refractivity contribution is 6.20. The number of imide groups is 2. The average molecular weight is 224 g/mol. The van der Waals surface area contributed by atoms with Gasteiger partial charge >= 0.3 is 6.03 Å². The average Bonchev–Trinajstić information content (AvgIpc) is 2.16. The Hall–Kier alpha value is -1.65. The van der Waals surface area contributed by atoms with Crippen LogP contribution in [0.2, 0.25) is 0 Å². The van der Waals surface area contributed by atoms with E-state index in [9.17, 15) is 14.4 Å². The molecule has 0 saturated carbocycles. The SMILES string of the molecule is CC/C=C\C1(C(C)C)C(=O)NC(=O)NC1=O. The Morgan fingerprint density at radius 1 is 1.19 bits per heavy atom. The lowest BCUT2D eigenvalue weighted by Crippen LogP contribution is -2.63. The topological polar surface area (TPSA) is 75.3 Å². The summed E-state index contributed by atoms with van der Waals surface area (Å²) in [5.41, 5.74) is -1.27. The molecule has 5 heteroatoms. The van der Waals surface area contributed by atoms with E-state index < -0.39 is 23.3 Å². The van der Waals surface area contributed by atoms with Gasteiger partial charge in [0, 0.05) is 0 Å². The molecule has 0 aromatic rings. The van der Waals surface area contributed by atoms with Crippen LogP contribution in [0, 0.1) is 11.3 Å². The molecule has 1 aliphatic heterocycles. The van der Waals surface area contributed by atoms with Gasteiger partial charge in [-0.1, -0.05) is 32.9 Å². The molecule has 1 aliphatic rings. The predicted octanol–water partition coefficient (Wildman–Crippen LogP) is 0.961. The van der Waals surface area contributed by atoms with Gasteiger partial charge in [0.25, 0.3) is 0 Å². The summed E-state index contributed by atoms with van der Waals surface area (Å²) in [6.45, 7) is 5.46. The van der Waals surface area contributed by atoms with Gasteiger partial charge in [0.1, 0.15) is 5.41 Å². The molecule has 0 spiro atoms. The maximum absolute atomic E-state index is 11.8. The molecule has 0 unspecified atom stereocenters. The van der Waals surface area contributed by atoms with Crippen molar-refractivity contribution in [3.8, 4) is 0 Å². The van der Waals surface area contributed by atoms with Crippen LogP contribution in [0.3, 0.4) is 0 Å². The Bertz CT molecular complexity index is 338. The smallest absolute Gasteiger partial charge is 0.277 e. The number of carbonyl (C=O) groups is 3. The molecule has 1 heterocycles. The molecule has 1 saturated heterocycles. The molecule has 0 bridgehead atoms. The van der Waals surface area contributed by atoms with Gasteiger partial charge < -0.3 is 0 Å². The first-order chi connectivity index (χ1) is 7.45. The van der Waals surface area contributed by atoms with Gasteiger partial charge in [0.05, 0.1) is 0 Å². The quantitative estimate of drug-likeness (QED) is 0.554. The fraction of sp³-hybridized carbons (Fsp3) is 0.545. The summed E-state index contributed by atoms with van der Waals surface area (Å²) in [6, 6.07) is -0.754. The van der Waals surface area contributed by atoms with Crippen molar-refractivity contribution in [2.75, 3.05) is 0 Å². The Morgan fingerprint density at radius 2 is 1.69 bits per heavy atom. The van der Waals surface area contributed by atoms with E-state index >= 15 is 0 Å². The molecule has 0 aromatic carbocycles. The number of rotatable bonds is 3. The van der Waals surface area contributed by atoms with E-state index in [4.69, 9.17) is 0 Å². The summed E-state index contributed by atoms with van der Waals surface area (Å²) in [7, 11) is 0. The number of carbonyl (C=O) groups excluding carboxylic acids is 3. The van der Waals surface area contributed by atoms with Crippen molar-refractivity contribution < 1.29 is 14.4 Å². The van der Waals surface area contributed by atoms with Crippen LogP contribution in [-0.4, -0.2) is 17.8 Å². The van der Waals surface area contributed by atoms with Crippen molar-refractivity contribution in [2.24, 2.45) is 11.3 Å². The summed E-state index contributed by atoms with van der Waals surface area (Å²) < 4.78 is 0. The fourth-order valence-corrected chi connectivity index (χ4v) is 1.72. The van der Waals surface area contributed by atoms with Crippen LogP contribution in [0.4, 0.5) is 4.79 Å². The van der Waals surface area contributed by atoms with E-state index in [1.54, 1.807) is 26.0 Å². The highest BCUT2D eigenvalue weighted by Crippen LogP contribution is 2.32. The Labute approximate surface area is 94.3 Å². The Morgan fingerprint density at radius 3 is 2.06 bits per heavy atom. The van der Waals surface area contributed by atoms with Gasteiger partial charge in [0.15, 0.2) is 0 Å². The Balaban J connectivity index is 3.17. The molecular formula is C11H16N2O3. The summed E-state index contributed by atoms with van der Waals surface area (Å²) >= 11 is 0. The molecule has 0 aliphatic carbocycles. The second-order valence-electron chi connectivity index (χ2n) is 4.07. The van der Waals surface area contributed by atoms with Crippen LogP contribution in [0.15, 0.2) is 12.2 Å². The van der Waals surface area contributed by atoms with Crippen molar-refractivity contribution in [2.45, 2.75) is 27.2 Å². The van der Waals surface area contributed by atoms with Crippen LogP contribution in [0.5, 0.6) is 0 Å². The fourth-order valence-electron chi connectivity index (χ4n) is 1.72. The summed E-state index contributed by atoms with van der Waals surface area (Å²) in [5, 5.41) is 4.26. The van der Waals surface area contributed by atoms with Crippen molar-refractivity contribution in [3.05, 3.63) is 12.2 Å². The van der Waals surface area contributed by atoms with E-state index in [-0.39, 0.29) is 5.92 Å². The standard InChI is InChI=1S/C11H16N2O3/c1-4-5-6-11(7(2)3)8(14)12-10(16)13-9(11)15/h5-7H,4H2,1-3H3,(H2,12,13,14,15,16)/b6-5-. The molecule has 1 rings (SSSR count). The first kappa shape index (κ1) is 12.4. The monoisotopic (exact) mass is 224 g/mol. The van der Waals surface area contributed by atoms with Crippen molar-refractivity contribution in [1.82, 2.24) is 10.6 Å². The predicted molar refractivity (Wildman–Crippen MR) is 58.4 cm³/mol. The zero-order valence-corrected chi connectivity index (χ0v) is 9.66. The van der Waals surface area contributed by atoms with Gasteiger partial charge in [-0.3, -0.25) is 20.2 Å². The van der Waals surface area contributed by atoms with E-state index in [0.29, 0.717) is 0 Å². The molecule has 2 N–H and O–H groups in total. The molecule has 1 fully saturated rings.